The van der Waals surface area contributed by atoms with Crippen molar-refractivity contribution in [2.75, 3.05) is 32.1 Å². The Bertz CT molecular complexity index is 428. The number of nitrogens with one attached hydrogen (secondary N) is 1. The van der Waals surface area contributed by atoms with Gasteiger partial charge in [0.2, 0.25) is 0 Å². The quantitative estimate of drug-likeness (QED) is 0.527. The van der Waals surface area contributed by atoms with Crippen molar-refractivity contribution in [3.8, 4) is 0 Å². The van der Waals surface area contributed by atoms with Crippen molar-refractivity contribution in [1.82, 2.24) is 4.90 Å². The third-order valence-corrected chi connectivity index (χ3v) is 2.49. The van der Waals surface area contributed by atoms with Crippen molar-refractivity contribution >= 4 is 17.6 Å². The molecular formula is C12H18N4O2. The molecule has 0 aromatic heterocycles. The molecule has 0 aliphatic heterocycles. The molecule has 0 atom stereocenters. The zero-order valence-corrected chi connectivity index (χ0v) is 10.6. The van der Waals surface area contributed by atoms with Gasteiger partial charge in [-0.15, -0.1) is 0 Å². The van der Waals surface area contributed by atoms with Crippen LogP contribution in [0.25, 0.3) is 0 Å². The third kappa shape index (κ3) is 3.74. The maximum absolute atomic E-state index is 10.7. The summed E-state index contributed by atoms with van der Waals surface area (Å²) in [6.07, 6.45) is 0. The van der Waals surface area contributed by atoms with Gasteiger partial charge in [-0.2, -0.15) is 0 Å². The van der Waals surface area contributed by atoms with Gasteiger partial charge in [-0.25, -0.2) is 4.79 Å². The summed E-state index contributed by atoms with van der Waals surface area (Å²) in [5.41, 5.74) is 6.46. The molecular weight excluding hydrogens is 232 g/mol. The Labute approximate surface area is 106 Å². The van der Waals surface area contributed by atoms with Crippen molar-refractivity contribution in [2.45, 2.75) is 0 Å². The predicted molar refractivity (Wildman–Crippen MR) is 71.2 cm³/mol. The highest BCUT2D eigenvalue weighted by Crippen LogP contribution is 2.14. The highest BCUT2D eigenvalue weighted by atomic mass is 16.4. The van der Waals surface area contributed by atoms with Crippen LogP contribution in [0.2, 0.25) is 0 Å². The number of hydrogen-bond donors (Lipinski definition) is 3. The molecule has 0 heterocycles. The Morgan fingerprint density at radius 3 is 2.22 bits per heavy atom. The molecule has 6 heteroatoms. The first kappa shape index (κ1) is 14.0. The number of carbonyl (C=O) groups is 1. The first-order chi connectivity index (χ1) is 8.41. The van der Waals surface area contributed by atoms with Crippen molar-refractivity contribution < 1.29 is 9.90 Å². The van der Waals surface area contributed by atoms with E-state index < -0.39 is 5.97 Å². The molecule has 18 heavy (non-hydrogen) atoms. The monoisotopic (exact) mass is 250 g/mol. The lowest BCUT2D eigenvalue weighted by Crippen LogP contribution is -2.40. The average molecular weight is 250 g/mol. The van der Waals surface area contributed by atoms with Crippen LogP contribution < -0.4 is 10.6 Å². The fourth-order valence-electron chi connectivity index (χ4n) is 1.47. The number of nitrogens with zero attached hydrogens (tertiary/aromatic N) is 2. The van der Waals surface area contributed by atoms with E-state index in [0.29, 0.717) is 12.2 Å². The highest BCUT2D eigenvalue weighted by molar-refractivity contribution is 5.93. The van der Waals surface area contributed by atoms with E-state index in [2.05, 4.69) is 0 Å². The molecule has 0 radical (unpaired) electrons. The summed E-state index contributed by atoms with van der Waals surface area (Å²) in [6, 6.07) is 6.31. The van der Waals surface area contributed by atoms with Crippen molar-refractivity contribution in [3.63, 3.8) is 0 Å². The normalized spacial score (nSPS) is 10.4. The second-order valence-corrected chi connectivity index (χ2v) is 4.19. The van der Waals surface area contributed by atoms with Gasteiger partial charge in [0.05, 0.1) is 5.56 Å². The van der Waals surface area contributed by atoms with E-state index in [9.17, 15) is 4.79 Å². The Hall–Kier alpha value is -2.08. The molecule has 0 saturated heterocycles. The van der Waals surface area contributed by atoms with Crippen LogP contribution in [0.1, 0.15) is 10.4 Å². The van der Waals surface area contributed by atoms with Crippen LogP contribution in [0.3, 0.4) is 0 Å². The molecule has 4 N–H and O–H groups in total. The zero-order chi connectivity index (χ0) is 13.7. The van der Waals surface area contributed by atoms with E-state index in [-0.39, 0.29) is 11.5 Å². The molecule has 0 aliphatic carbocycles. The van der Waals surface area contributed by atoms with E-state index in [4.69, 9.17) is 16.2 Å². The molecule has 6 nitrogen and oxygen atoms in total. The van der Waals surface area contributed by atoms with Crippen LogP contribution in [0.5, 0.6) is 0 Å². The number of carboxylic acids is 1. The number of aromatic carboxylic acids is 1. The third-order valence-electron chi connectivity index (χ3n) is 2.49. The molecule has 0 spiro atoms. The van der Waals surface area contributed by atoms with Gasteiger partial charge in [0, 0.05) is 18.8 Å². The largest absolute Gasteiger partial charge is 0.478 e. The molecule has 0 unspecified atom stereocenters. The minimum atomic E-state index is -0.968. The van der Waals surface area contributed by atoms with E-state index in [1.165, 1.54) is 12.1 Å². The standard InChI is InChI=1S/C12H18N4O2/c1-15(2)7-8-16(12(13)14)10-5-3-9(4-6-10)11(17)18/h3-6H,7-8H2,1-2H3,(H3,13,14)(H,17,18). The summed E-state index contributed by atoms with van der Waals surface area (Å²) in [4.78, 5) is 14.4. The topological polar surface area (TPSA) is 93.7 Å². The lowest BCUT2D eigenvalue weighted by molar-refractivity contribution is 0.0697. The van der Waals surface area contributed by atoms with E-state index >= 15 is 0 Å². The summed E-state index contributed by atoms with van der Waals surface area (Å²) in [5.74, 6) is -1.02. The second kappa shape index (κ2) is 6.02. The molecule has 0 aliphatic rings. The Kier molecular flexibility index (Phi) is 4.67. The second-order valence-electron chi connectivity index (χ2n) is 4.19. The minimum Gasteiger partial charge on any atom is -0.478 e. The number of rotatable bonds is 5. The average Bonchev–Trinajstić information content (AvgIpc) is 2.29. The maximum Gasteiger partial charge on any atom is 0.335 e. The summed E-state index contributed by atoms with van der Waals surface area (Å²) < 4.78 is 0. The number of hydrogen-bond acceptors (Lipinski definition) is 3. The predicted octanol–water partition coefficient (Wildman–Crippen LogP) is 0.646. The molecule has 98 valence electrons. The van der Waals surface area contributed by atoms with Gasteiger partial charge >= 0.3 is 5.97 Å². The summed E-state index contributed by atoms with van der Waals surface area (Å²) in [7, 11) is 3.87. The summed E-state index contributed by atoms with van der Waals surface area (Å²) in [5, 5.41) is 16.4. The number of benzene rings is 1. The first-order valence-corrected chi connectivity index (χ1v) is 5.51. The molecule has 1 aromatic carbocycles. The van der Waals surface area contributed by atoms with Crippen LogP contribution in [0.4, 0.5) is 5.69 Å². The summed E-state index contributed by atoms with van der Waals surface area (Å²) >= 11 is 0. The smallest absolute Gasteiger partial charge is 0.335 e. The SMILES string of the molecule is CN(C)CCN(C(=N)N)c1ccc(C(=O)O)cc1. The van der Waals surface area contributed by atoms with E-state index in [1.54, 1.807) is 17.0 Å². The Morgan fingerprint density at radius 1 is 1.28 bits per heavy atom. The van der Waals surface area contributed by atoms with Crippen LogP contribution in [-0.4, -0.2) is 49.1 Å². The lowest BCUT2D eigenvalue weighted by Gasteiger charge is -2.24. The maximum atomic E-state index is 10.7. The number of nitrogens with two attached hydrogens (primary N) is 1. The fourth-order valence-corrected chi connectivity index (χ4v) is 1.47. The van der Waals surface area contributed by atoms with Crippen LogP contribution >= 0.6 is 0 Å². The van der Waals surface area contributed by atoms with Crippen molar-refractivity contribution in [2.24, 2.45) is 5.73 Å². The number of carboxylic acid groups (broad SMARTS) is 1. The highest BCUT2D eigenvalue weighted by Gasteiger charge is 2.10. The van der Waals surface area contributed by atoms with Crippen LogP contribution in [0.15, 0.2) is 24.3 Å². The Balaban J connectivity index is 2.85. The van der Waals surface area contributed by atoms with Gasteiger partial charge in [-0.3, -0.25) is 5.41 Å². The van der Waals surface area contributed by atoms with Gasteiger partial charge in [0.1, 0.15) is 0 Å². The van der Waals surface area contributed by atoms with Gasteiger partial charge in [-0.1, -0.05) is 0 Å². The minimum absolute atomic E-state index is 0.0556. The molecule has 0 fully saturated rings. The summed E-state index contributed by atoms with van der Waals surface area (Å²) in [6.45, 7) is 1.33. The van der Waals surface area contributed by atoms with Gasteiger partial charge in [-0.05, 0) is 38.4 Å². The Morgan fingerprint density at radius 2 is 1.83 bits per heavy atom. The van der Waals surface area contributed by atoms with Gasteiger partial charge in [0.25, 0.3) is 0 Å². The van der Waals surface area contributed by atoms with Crippen molar-refractivity contribution in [1.29, 1.82) is 5.41 Å². The van der Waals surface area contributed by atoms with E-state index in [0.717, 1.165) is 6.54 Å². The molecule has 0 bridgehead atoms. The molecule has 0 amide bonds. The number of guanidine groups is 1. The van der Waals surface area contributed by atoms with Crippen LogP contribution in [-0.2, 0) is 0 Å². The van der Waals surface area contributed by atoms with Crippen molar-refractivity contribution in [3.05, 3.63) is 29.8 Å². The number of likely N-dealkylation sites (N-methyl/N-ethyl adjacent to an activating group) is 1. The molecule has 1 rings (SSSR count). The number of anilines is 1. The van der Waals surface area contributed by atoms with Gasteiger partial charge < -0.3 is 20.6 Å². The first-order valence-electron chi connectivity index (χ1n) is 5.51. The lowest BCUT2D eigenvalue weighted by atomic mass is 10.2. The molecule has 1 aromatic rings. The molecule has 0 saturated carbocycles. The van der Waals surface area contributed by atoms with Crippen LogP contribution in [0, 0.1) is 5.41 Å². The van der Waals surface area contributed by atoms with Gasteiger partial charge in [0.15, 0.2) is 5.96 Å². The van der Waals surface area contributed by atoms with E-state index in [1.807, 2.05) is 19.0 Å². The zero-order valence-electron chi connectivity index (χ0n) is 10.6. The fraction of sp³-hybridized carbons (Fsp3) is 0.333.